The van der Waals surface area contributed by atoms with Gasteiger partial charge in [0.15, 0.2) is 5.82 Å². The van der Waals surface area contributed by atoms with Crippen molar-refractivity contribution in [2.75, 3.05) is 0 Å². The molecule has 7 nitrogen and oxygen atoms in total. The third-order valence-electron chi connectivity index (χ3n) is 3.20. The van der Waals surface area contributed by atoms with Crippen LogP contribution in [0.1, 0.15) is 29.0 Å². The summed E-state index contributed by atoms with van der Waals surface area (Å²) in [5.41, 5.74) is 1.11. The summed E-state index contributed by atoms with van der Waals surface area (Å²) < 4.78 is 1.63. The van der Waals surface area contributed by atoms with Crippen molar-refractivity contribution in [2.45, 2.75) is 13.0 Å². The largest absolute Gasteiger partial charge is 0.344 e. The smallest absolute Gasteiger partial charge is 0.251 e. The van der Waals surface area contributed by atoms with E-state index in [4.69, 9.17) is 0 Å². The van der Waals surface area contributed by atoms with E-state index in [1.807, 2.05) is 13.0 Å². The average Bonchev–Trinajstić information content (AvgIpc) is 3.08. The van der Waals surface area contributed by atoms with Crippen LogP contribution in [0, 0.1) is 0 Å². The van der Waals surface area contributed by atoms with Gasteiger partial charge in [-0.05, 0) is 25.1 Å². The third-order valence-corrected chi connectivity index (χ3v) is 4.11. The molecule has 0 bridgehead atoms. The lowest BCUT2D eigenvalue weighted by Gasteiger charge is -2.15. The van der Waals surface area contributed by atoms with Crippen LogP contribution in [0.3, 0.4) is 0 Å². The van der Waals surface area contributed by atoms with Crippen LogP contribution in [0.25, 0.3) is 5.82 Å². The topological polar surface area (TPSA) is 85.6 Å². The van der Waals surface area contributed by atoms with E-state index >= 15 is 0 Å². The molecule has 3 rings (SSSR count). The number of aromatic nitrogens is 5. The van der Waals surface area contributed by atoms with E-state index in [2.05, 4.69) is 57.3 Å². The summed E-state index contributed by atoms with van der Waals surface area (Å²) in [6.45, 7) is 1.84. The van der Waals surface area contributed by atoms with Crippen LogP contribution in [0.4, 0.5) is 0 Å². The van der Waals surface area contributed by atoms with Gasteiger partial charge in [-0.25, -0.2) is 4.98 Å². The molecular formula is C15H12Br2N6O. The van der Waals surface area contributed by atoms with E-state index in [-0.39, 0.29) is 11.9 Å². The van der Waals surface area contributed by atoms with Crippen molar-refractivity contribution in [3.63, 3.8) is 0 Å². The molecule has 2 aromatic heterocycles. The van der Waals surface area contributed by atoms with E-state index in [9.17, 15) is 4.79 Å². The normalized spacial score (nSPS) is 12.0. The third kappa shape index (κ3) is 3.68. The number of amides is 1. The van der Waals surface area contributed by atoms with Crippen molar-refractivity contribution in [1.29, 1.82) is 0 Å². The average molecular weight is 452 g/mol. The second-order valence-corrected chi connectivity index (χ2v) is 6.77. The first-order chi connectivity index (χ1) is 11.5. The lowest BCUT2D eigenvalue weighted by atomic mass is 10.1. The zero-order chi connectivity index (χ0) is 17.1. The van der Waals surface area contributed by atoms with Crippen molar-refractivity contribution in [1.82, 2.24) is 30.3 Å². The zero-order valence-electron chi connectivity index (χ0n) is 12.5. The molecule has 1 amide bonds. The van der Waals surface area contributed by atoms with Gasteiger partial charge in [0.1, 0.15) is 5.69 Å². The summed E-state index contributed by atoms with van der Waals surface area (Å²) in [4.78, 5) is 22.4. The second-order valence-electron chi connectivity index (χ2n) is 4.94. The Labute approximate surface area is 154 Å². The minimum atomic E-state index is -0.370. The van der Waals surface area contributed by atoms with Crippen LogP contribution < -0.4 is 5.32 Å². The molecule has 0 fully saturated rings. The zero-order valence-corrected chi connectivity index (χ0v) is 15.7. The molecule has 0 aliphatic heterocycles. The predicted molar refractivity (Wildman–Crippen MR) is 94.7 cm³/mol. The van der Waals surface area contributed by atoms with Crippen molar-refractivity contribution >= 4 is 37.8 Å². The molecule has 2 heterocycles. The lowest BCUT2D eigenvalue weighted by Crippen LogP contribution is -2.28. The van der Waals surface area contributed by atoms with Gasteiger partial charge >= 0.3 is 0 Å². The summed E-state index contributed by atoms with van der Waals surface area (Å²) in [6, 6.07) is 4.99. The molecule has 0 saturated heterocycles. The Bertz CT molecular complexity index is 848. The van der Waals surface area contributed by atoms with Crippen LogP contribution in [0.5, 0.6) is 0 Å². The molecular weight excluding hydrogens is 440 g/mol. The Hall–Kier alpha value is -2.13. The van der Waals surface area contributed by atoms with Crippen LogP contribution in [0.15, 0.2) is 51.9 Å². The molecule has 3 aromatic rings. The maximum atomic E-state index is 12.5. The number of halogens is 2. The van der Waals surface area contributed by atoms with E-state index in [0.717, 1.165) is 8.95 Å². The maximum absolute atomic E-state index is 12.5. The standard InChI is InChI=1S/C15H12Br2N6O/c1-9(22-15(24)10-6-11(16)8-12(17)7-10)13-14(19-3-2-18-13)23-20-4-5-21-23/h2-9H,1H3,(H,22,24). The Balaban J connectivity index is 1.85. The molecule has 0 radical (unpaired) electrons. The van der Waals surface area contributed by atoms with Gasteiger partial charge in [-0.15, -0.1) is 4.80 Å². The van der Waals surface area contributed by atoms with Gasteiger partial charge in [0.2, 0.25) is 0 Å². The van der Waals surface area contributed by atoms with Gasteiger partial charge in [0, 0.05) is 26.9 Å². The number of rotatable bonds is 4. The number of benzene rings is 1. The number of hydrogen-bond acceptors (Lipinski definition) is 5. The van der Waals surface area contributed by atoms with Gasteiger partial charge in [-0.3, -0.25) is 9.78 Å². The summed E-state index contributed by atoms with van der Waals surface area (Å²) in [5, 5.41) is 11.1. The molecule has 1 atom stereocenters. The molecule has 1 N–H and O–H groups in total. The summed E-state index contributed by atoms with van der Waals surface area (Å²) in [6.07, 6.45) is 6.24. The fourth-order valence-electron chi connectivity index (χ4n) is 2.16. The molecule has 0 aliphatic carbocycles. The number of hydrogen-bond donors (Lipinski definition) is 1. The Morgan fingerprint density at radius 3 is 2.33 bits per heavy atom. The molecule has 1 unspecified atom stereocenters. The first-order valence-electron chi connectivity index (χ1n) is 6.99. The van der Waals surface area contributed by atoms with Gasteiger partial charge in [0.05, 0.1) is 18.4 Å². The molecule has 0 aliphatic rings. The molecule has 1 aromatic carbocycles. The molecule has 0 spiro atoms. The minimum absolute atomic E-state index is 0.213. The SMILES string of the molecule is CC(NC(=O)c1cc(Br)cc(Br)c1)c1nccnc1-n1nccn1. The summed E-state index contributed by atoms with van der Waals surface area (Å²) >= 11 is 6.76. The van der Waals surface area contributed by atoms with Crippen LogP contribution in [-0.4, -0.2) is 30.9 Å². The van der Waals surface area contributed by atoms with Crippen molar-refractivity contribution in [3.05, 3.63) is 63.2 Å². The Kier molecular flexibility index (Phi) is 5.00. The van der Waals surface area contributed by atoms with Crippen LogP contribution >= 0.6 is 31.9 Å². The quantitative estimate of drug-likeness (QED) is 0.658. The Morgan fingerprint density at radius 1 is 1.04 bits per heavy atom. The highest BCUT2D eigenvalue weighted by molar-refractivity contribution is 9.11. The van der Waals surface area contributed by atoms with Gasteiger partial charge < -0.3 is 5.32 Å². The predicted octanol–water partition coefficient (Wildman–Crippen LogP) is 3.07. The highest BCUT2D eigenvalue weighted by atomic mass is 79.9. The van der Waals surface area contributed by atoms with E-state index < -0.39 is 0 Å². The van der Waals surface area contributed by atoms with E-state index in [1.165, 1.54) is 4.80 Å². The van der Waals surface area contributed by atoms with E-state index in [1.54, 1.807) is 36.9 Å². The van der Waals surface area contributed by atoms with Crippen molar-refractivity contribution in [2.24, 2.45) is 0 Å². The first-order valence-corrected chi connectivity index (χ1v) is 8.58. The first kappa shape index (κ1) is 16.7. The number of carbonyl (C=O) groups is 1. The van der Waals surface area contributed by atoms with Crippen molar-refractivity contribution in [3.8, 4) is 5.82 Å². The number of nitrogens with one attached hydrogen (secondary N) is 1. The molecule has 0 saturated carbocycles. The highest BCUT2D eigenvalue weighted by Gasteiger charge is 2.19. The Morgan fingerprint density at radius 2 is 1.67 bits per heavy atom. The highest BCUT2D eigenvalue weighted by Crippen LogP contribution is 2.21. The molecule has 122 valence electrons. The van der Waals surface area contributed by atoms with Crippen molar-refractivity contribution < 1.29 is 4.79 Å². The van der Waals surface area contributed by atoms with Crippen LogP contribution in [-0.2, 0) is 0 Å². The van der Waals surface area contributed by atoms with Gasteiger partial charge in [-0.1, -0.05) is 31.9 Å². The summed E-state index contributed by atoms with van der Waals surface area (Å²) in [7, 11) is 0. The fourth-order valence-corrected chi connectivity index (χ4v) is 3.45. The van der Waals surface area contributed by atoms with Gasteiger partial charge in [-0.2, -0.15) is 10.2 Å². The lowest BCUT2D eigenvalue weighted by molar-refractivity contribution is 0.0939. The monoisotopic (exact) mass is 450 g/mol. The number of carbonyl (C=O) groups excluding carboxylic acids is 1. The summed E-state index contributed by atoms with van der Waals surface area (Å²) in [5.74, 6) is 0.264. The fraction of sp³-hybridized carbons (Fsp3) is 0.133. The van der Waals surface area contributed by atoms with E-state index in [0.29, 0.717) is 17.1 Å². The second kappa shape index (κ2) is 7.18. The maximum Gasteiger partial charge on any atom is 0.251 e. The number of nitrogens with zero attached hydrogens (tertiary/aromatic N) is 5. The minimum Gasteiger partial charge on any atom is -0.344 e. The molecule has 9 heteroatoms. The van der Waals surface area contributed by atoms with Gasteiger partial charge in [0.25, 0.3) is 5.91 Å². The van der Waals surface area contributed by atoms with Crippen LogP contribution in [0.2, 0.25) is 0 Å². The molecule has 24 heavy (non-hydrogen) atoms.